The molecule has 5 heteroatoms. The first-order valence-electron chi connectivity index (χ1n) is 6.83. The van der Waals surface area contributed by atoms with Crippen molar-refractivity contribution >= 4 is 5.91 Å². The molecule has 0 aliphatic carbocycles. The highest BCUT2D eigenvalue weighted by Crippen LogP contribution is 2.21. The quantitative estimate of drug-likeness (QED) is 0.846. The van der Waals surface area contributed by atoms with Crippen LogP contribution in [-0.4, -0.2) is 42.5 Å². The van der Waals surface area contributed by atoms with E-state index in [-0.39, 0.29) is 11.5 Å². The highest BCUT2D eigenvalue weighted by atomic mass is 16.2. The van der Waals surface area contributed by atoms with Crippen LogP contribution in [0.15, 0.2) is 23.1 Å². The van der Waals surface area contributed by atoms with Crippen LogP contribution < -0.4 is 10.9 Å². The van der Waals surface area contributed by atoms with Gasteiger partial charge >= 0.3 is 0 Å². The molecule has 0 aromatic carbocycles. The molecule has 0 spiro atoms. The smallest absolute Gasteiger partial charge is 0.254 e. The van der Waals surface area contributed by atoms with Gasteiger partial charge in [-0.15, -0.1) is 0 Å². The van der Waals surface area contributed by atoms with Crippen molar-refractivity contribution < 1.29 is 4.79 Å². The number of aromatic nitrogens is 1. The number of aromatic amines is 1. The maximum atomic E-state index is 12.2. The molecule has 5 nitrogen and oxygen atoms in total. The zero-order valence-electron chi connectivity index (χ0n) is 11.3. The minimum atomic E-state index is -0.227. The normalized spacial score (nSPS) is 16.6. The van der Waals surface area contributed by atoms with Crippen molar-refractivity contribution in [2.75, 3.05) is 26.7 Å². The molecule has 2 heterocycles. The Balaban J connectivity index is 1.91. The highest BCUT2D eigenvalue weighted by Gasteiger charge is 2.23. The molecule has 104 valence electrons. The minimum Gasteiger partial charge on any atom is -0.339 e. The van der Waals surface area contributed by atoms with E-state index in [1.54, 1.807) is 6.07 Å². The third-order valence-electron chi connectivity index (χ3n) is 3.73. The van der Waals surface area contributed by atoms with E-state index in [9.17, 15) is 9.59 Å². The summed E-state index contributed by atoms with van der Waals surface area (Å²) < 4.78 is 0. The lowest BCUT2D eigenvalue weighted by Crippen LogP contribution is -2.39. The second-order valence-corrected chi connectivity index (χ2v) is 5.07. The Morgan fingerprint density at radius 3 is 2.84 bits per heavy atom. The predicted molar refractivity (Wildman–Crippen MR) is 74.2 cm³/mol. The maximum absolute atomic E-state index is 12.2. The molecule has 1 aliphatic rings. The Morgan fingerprint density at radius 2 is 2.21 bits per heavy atom. The first-order chi connectivity index (χ1) is 9.20. The molecule has 1 aliphatic heterocycles. The van der Waals surface area contributed by atoms with Gasteiger partial charge in [0.1, 0.15) is 0 Å². The average Bonchev–Trinajstić information content (AvgIpc) is 2.45. The van der Waals surface area contributed by atoms with Crippen LogP contribution in [0.1, 0.15) is 29.6 Å². The fourth-order valence-electron chi connectivity index (χ4n) is 2.53. The van der Waals surface area contributed by atoms with Gasteiger partial charge in [-0.05, 0) is 44.8 Å². The zero-order valence-corrected chi connectivity index (χ0v) is 11.3. The van der Waals surface area contributed by atoms with Crippen molar-refractivity contribution in [3.63, 3.8) is 0 Å². The second-order valence-electron chi connectivity index (χ2n) is 5.07. The van der Waals surface area contributed by atoms with Gasteiger partial charge in [-0.1, -0.05) is 0 Å². The largest absolute Gasteiger partial charge is 0.339 e. The topological polar surface area (TPSA) is 65.2 Å². The molecule has 0 bridgehead atoms. The SMILES string of the molecule is CNCCC1CCN(C(=O)c2cc[nH]c(=O)c2)CC1. The summed E-state index contributed by atoms with van der Waals surface area (Å²) in [5.41, 5.74) is 0.257. The first-order valence-corrected chi connectivity index (χ1v) is 6.83. The van der Waals surface area contributed by atoms with E-state index in [4.69, 9.17) is 0 Å². The van der Waals surface area contributed by atoms with E-state index in [0.717, 1.165) is 32.5 Å². The Kier molecular flexibility index (Phi) is 4.74. The van der Waals surface area contributed by atoms with Crippen LogP contribution in [0.25, 0.3) is 0 Å². The first kappa shape index (κ1) is 13.8. The number of nitrogens with zero attached hydrogens (tertiary/aromatic N) is 1. The third kappa shape index (κ3) is 3.67. The number of amides is 1. The lowest BCUT2D eigenvalue weighted by atomic mass is 9.93. The van der Waals surface area contributed by atoms with Gasteiger partial charge in [0.05, 0.1) is 0 Å². The standard InChI is InChI=1S/C14H21N3O2/c1-15-6-2-11-4-8-17(9-5-11)14(19)12-3-7-16-13(18)10-12/h3,7,10-11,15H,2,4-6,8-9H2,1H3,(H,16,18). The fraction of sp³-hybridized carbons (Fsp3) is 0.571. The summed E-state index contributed by atoms with van der Waals surface area (Å²) >= 11 is 0. The monoisotopic (exact) mass is 263 g/mol. The van der Waals surface area contributed by atoms with Gasteiger partial charge in [-0.3, -0.25) is 9.59 Å². The van der Waals surface area contributed by atoms with Gasteiger partial charge in [-0.25, -0.2) is 0 Å². The van der Waals surface area contributed by atoms with E-state index in [2.05, 4.69) is 10.3 Å². The van der Waals surface area contributed by atoms with Crippen molar-refractivity contribution in [1.82, 2.24) is 15.2 Å². The number of carbonyl (C=O) groups is 1. The van der Waals surface area contributed by atoms with Crippen LogP contribution in [0.5, 0.6) is 0 Å². The second kappa shape index (κ2) is 6.52. The van der Waals surface area contributed by atoms with Crippen molar-refractivity contribution in [1.29, 1.82) is 0 Å². The van der Waals surface area contributed by atoms with Crippen molar-refractivity contribution in [3.8, 4) is 0 Å². The molecule has 1 aromatic heterocycles. The lowest BCUT2D eigenvalue weighted by Gasteiger charge is -2.32. The number of hydrogen-bond acceptors (Lipinski definition) is 3. The van der Waals surface area contributed by atoms with E-state index in [1.807, 2.05) is 11.9 Å². The Hall–Kier alpha value is -1.62. The van der Waals surface area contributed by atoms with Crippen molar-refractivity contribution in [2.45, 2.75) is 19.3 Å². The van der Waals surface area contributed by atoms with Crippen LogP contribution in [0, 0.1) is 5.92 Å². The molecular weight excluding hydrogens is 242 g/mol. The number of likely N-dealkylation sites (tertiary alicyclic amines) is 1. The minimum absolute atomic E-state index is 0.0295. The Labute approximate surface area is 113 Å². The molecule has 0 atom stereocenters. The third-order valence-corrected chi connectivity index (χ3v) is 3.73. The molecule has 1 aromatic rings. The van der Waals surface area contributed by atoms with Crippen LogP contribution in [-0.2, 0) is 0 Å². The van der Waals surface area contributed by atoms with Gasteiger partial charge in [0.25, 0.3) is 5.91 Å². The summed E-state index contributed by atoms with van der Waals surface area (Å²) in [7, 11) is 1.96. The molecule has 0 unspecified atom stereocenters. The molecular formula is C14H21N3O2. The molecule has 0 radical (unpaired) electrons. The summed E-state index contributed by atoms with van der Waals surface area (Å²) in [6.07, 6.45) is 4.80. The Morgan fingerprint density at radius 1 is 1.47 bits per heavy atom. The van der Waals surface area contributed by atoms with Gasteiger partial charge in [0.2, 0.25) is 5.56 Å². The van der Waals surface area contributed by atoms with Crippen molar-refractivity contribution in [3.05, 3.63) is 34.2 Å². The number of carbonyl (C=O) groups excluding carboxylic acids is 1. The molecule has 2 N–H and O–H groups in total. The molecule has 1 amide bonds. The summed E-state index contributed by atoms with van der Waals surface area (Å²) in [4.78, 5) is 27.8. The summed E-state index contributed by atoms with van der Waals surface area (Å²) in [5.74, 6) is 0.675. The average molecular weight is 263 g/mol. The molecule has 2 rings (SSSR count). The van der Waals surface area contributed by atoms with Gasteiger partial charge in [0, 0.05) is 30.9 Å². The van der Waals surface area contributed by atoms with E-state index < -0.39 is 0 Å². The van der Waals surface area contributed by atoms with Crippen LogP contribution in [0.2, 0.25) is 0 Å². The summed E-state index contributed by atoms with van der Waals surface area (Å²) in [6.45, 7) is 2.62. The van der Waals surface area contributed by atoms with Gasteiger partial charge in [-0.2, -0.15) is 0 Å². The molecule has 0 saturated carbocycles. The number of hydrogen-bond donors (Lipinski definition) is 2. The maximum Gasteiger partial charge on any atom is 0.254 e. The molecule has 1 fully saturated rings. The number of rotatable bonds is 4. The fourth-order valence-corrected chi connectivity index (χ4v) is 2.53. The molecule has 1 saturated heterocycles. The number of pyridine rings is 1. The van der Waals surface area contributed by atoms with E-state index in [1.165, 1.54) is 18.7 Å². The van der Waals surface area contributed by atoms with Crippen LogP contribution in [0.4, 0.5) is 0 Å². The van der Waals surface area contributed by atoms with E-state index in [0.29, 0.717) is 11.5 Å². The number of nitrogens with one attached hydrogen (secondary N) is 2. The highest BCUT2D eigenvalue weighted by molar-refractivity contribution is 5.94. The predicted octanol–water partition coefficient (Wildman–Crippen LogP) is 0.837. The lowest BCUT2D eigenvalue weighted by molar-refractivity contribution is 0.0687. The van der Waals surface area contributed by atoms with Gasteiger partial charge < -0.3 is 15.2 Å². The zero-order chi connectivity index (χ0) is 13.7. The molecule has 19 heavy (non-hydrogen) atoms. The van der Waals surface area contributed by atoms with Crippen LogP contribution >= 0.6 is 0 Å². The summed E-state index contributed by atoms with van der Waals surface area (Å²) in [5, 5.41) is 3.16. The van der Waals surface area contributed by atoms with E-state index >= 15 is 0 Å². The van der Waals surface area contributed by atoms with Gasteiger partial charge in [0.15, 0.2) is 0 Å². The number of H-pyrrole nitrogens is 1. The Bertz CT molecular complexity index is 476. The van der Waals surface area contributed by atoms with Crippen molar-refractivity contribution in [2.24, 2.45) is 5.92 Å². The summed E-state index contributed by atoms with van der Waals surface area (Å²) in [6, 6.07) is 3.03. The number of piperidine rings is 1. The van der Waals surface area contributed by atoms with Crippen LogP contribution in [0.3, 0.4) is 0 Å².